The Kier molecular flexibility index (Phi) is 48.0. The molecule has 1 aromatic rings. The predicted molar refractivity (Wildman–Crippen MR) is 488 cm³/mol. The lowest BCUT2D eigenvalue weighted by Crippen LogP contribution is -2.64. The third-order valence-corrected chi connectivity index (χ3v) is 24.0. The Balaban J connectivity index is 1.41. The lowest BCUT2D eigenvalue weighted by molar-refractivity contribution is -0.143. The molecular formula is C84H145N31O19. The number of carbonyl (C=O) groups excluding carboxylic acids is 17. The molecular weight excluding hydrogens is 1750 g/mol. The summed E-state index contributed by atoms with van der Waals surface area (Å²) in [5.74, 6) is -18.2. The first kappa shape index (κ1) is 112. The van der Waals surface area contributed by atoms with E-state index >= 15 is 14.4 Å². The Morgan fingerprint density at radius 2 is 0.806 bits per heavy atom. The van der Waals surface area contributed by atoms with Gasteiger partial charge in [0.1, 0.15) is 84.1 Å². The van der Waals surface area contributed by atoms with Gasteiger partial charge in [0, 0.05) is 64.4 Å². The maximum absolute atomic E-state index is 15.3. The number of aromatic amines is 1. The van der Waals surface area contributed by atoms with Crippen LogP contribution in [0.5, 0.6) is 0 Å². The second-order valence-corrected chi connectivity index (χ2v) is 35.6. The first-order valence-corrected chi connectivity index (χ1v) is 46.1. The van der Waals surface area contributed by atoms with Crippen molar-refractivity contribution in [3.8, 4) is 0 Å². The third-order valence-electron chi connectivity index (χ3n) is 24.0. The summed E-state index contributed by atoms with van der Waals surface area (Å²) >= 11 is 0. The summed E-state index contributed by atoms with van der Waals surface area (Å²) < 4.78 is 0. The quantitative estimate of drug-likeness (QED) is 0.0164. The molecule has 134 heavy (non-hydrogen) atoms. The Morgan fingerprint density at radius 3 is 1.19 bits per heavy atom. The Labute approximate surface area is 778 Å². The highest BCUT2D eigenvalue weighted by Gasteiger charge is 2.44. The zero-order valence-electron chi connectivity index (χ0n) is 77.1. The average molecular weight is 1890 g/mol. The summed E-state index contributed by atoms with van der Waals surface area (Å²) in [5.41, 5.74) is 37.4. The first-order valence-electron chi connectivity index (χ1n) is 46.1. The van der Waals surface area contributed by atoms with E-state index in [4.69, 9.17) is 61.8 Å². The van der Waals surface area contributed by atoms with Crippen LogP contribution in [0.25, 0.3) is 0 Å². The highest BCUT2D eigenvalue weighted by Crippen LogP contribution is 2.31. The highest BCUT2D eigenvalue weighted by molar-refractivity contribution is 6.02. The Bertz CT molecular complexity index is 4160. The molecule has 38 N–H and O–H groups in total. The smallest absolute Gasteiger partial charge is 0.248 e. The van der Waals surface area contributed by atoms with Gasteiger partial charge in [0.2, 0.25) is 100 Å². The Hall–Kier alpha value is -12.8. The van der Waals surface area contributed by atoms with Crippen molar-refractivity contribution in [1.82, 2.24) is 105 Å². The van der Waals surface area contributed by atoms with Crippen LogP contribution in [0.4, 0.5) is 0 Å². The van der Waals surface area contributed by atoms with Crippen molar-refractivity contribution < 1.29 is 91.7 Å². The number of H-pyrrole nitrogens is 1. The number of aliphatic hydroxyl groups excluding tert-OH is 2. The van der Waals surface area contributed by atoms with Crippen molar-refractivity contribution in [2.45, 2.75) is 323 Å². The summed E-state index contributed by atoms with van der Waals surface area (Å²) in [5, 5.41) is 96.0. The van der Waals surface area contributed by atoms with E-state index in [1.54, 1.807) is 0 Å². The fourth-order valence-corrected chi connectivity index (χ4v) is 16.8. The zero-order valence-corrected chi connectivity index (χ0v) is 77.1. The van der Waals surface area contributed by atoms with Gasteiger partial charge in [-0.3, -0.25) is 103 Å². The van der Waals surface area contributed by atoms with Crippen molar-refractivity contribution in [2.75, 3.05) is 39.3 Å². The molecule has 1 saturated heterocycles. The molecule has 4 aliphatic rings. The molecule has 50 heteroatoms. The standard InChI is InChI=1S/C84H145N31O19/c1-45(117)65(77(132)107-53(27-16-34-99-82(92)93)67(122)105-55(30-31-63(85)119)70(125)103-51(25-14-32-97-80(88)89)68(123)108-56(66(87)121)37-47-19-8-5-9-20-47)113-79(134)84(3,4)114-75(130)54(28-17-35-100-83(94)95)104-74(129)60(41-64(86)120)112-72(127)58(39-49-23-12-7-13-24-49)109-71(126)57(38-48-21-10-6-11-22-48)110-73(128)59(40-50-42-96-44-101-50)111-69(124)52(26-15-33-98-81(90)91)106-76(131)62-29-18-36-115(62)78(133)61(43-116)102-46(2)118/h42,44-45,47-49,51-62,65,116-117H,5-41,43H2,1-4H3,(H2,85,119)(H2,86,120)(H2,87,121)(H,96,101)(H,102,118)(H,103,125)(H,104,129)(H,105,122)(H,106,131)(H,107,132)(H,108,123)(H,109,126)(H,110,128)(H,111,124)(H,112,127)(H,113,134)(H,114,130)(H4,88,89,97)(H4,90,91,98)(H4,92,93,99)(H4,94,95,100)/t45-,51+,52+,53+,54+,55+,56+,57+,58+,59+,60+,61+,62-,65+/m1/s1. The van der Waals surface area contributed by atoms with Crippen LogP contribution < -0.4 is 131 Å². The van der Waals surface area contributed by atoms with Crippen LogP contribution in [0.1, 0.15) is 232 Å². The molecule has 4 fully saturated rings. The maximum Gasteiger partial charge on any atom is 0.248 e. The van der Waals surface area contributed by atoms with Crippen LogP contribution in [0.3, 0.4) is 0 Å². The maximum atomic E-state index is 15.3. The minimum absolute atomic E-state index is 0.0259. The third kappa shape index (κ3) is 40.7. The molecule has 5 rings (SSSR count). The van der Waals surface area contributed by atoms with Crippen LogP contribution in [0.2, 0.25) is 0 Å². The minimum Gasteiger partial charge on any atom is -0.394 e. The molecule has 0 spiro atoms. The number of aliphatic hydroxyl groups is 2. The van der Waals surface area contributed by atoms with E-state index in [0.29, 0.717) is 37.8 Å². The van der Waals surface area contributed by atoms with Gasteiger partial charge in [-0.15, -0.1) is 0 Å². The minimum atomic E-state index is -2.12. The van der Waals surface area contributed by atoms with Gasteiger partial charge in [0.05, 0.1) is 25.5 Å². The van der Waals surface area contributed by atoms with Crippen molar-refractivity contribution in [1.29, 1.82) is 21.6 Å². The number of carbonyl (C=O) groups is 17. The second kappa shape index (κ2) is 57.6. The van der Waals surface area contributed by atoms with E-state index < -0.39 is 228 Å². The van der Waals surface area contributed by atoms with Crippen LogP contribution >= 0.6 is 0 Å². The monoisotopic (exact) mass is 1890 g/mol. The number of nitrogens with two attached hydrogens (primary N) is 7. The van der Waals surface area contributed by atoms with Gasteiger partial charge in [-0.25, -0.2) is 4.98 Å². The molecule has 2 heterocycles. The lowest BCUT2D eigenvalue weighted by Gasteiger charge is -2.32. The topological polar surface area (TPSA) is 845 Å². The van der Waals surface area contributed by atoms with Gasteiger partial charge in [-0.05, 0) is 128 Å². The highest BCUT2D eigenvalue weighted by atomic mass is 16.3. The number of imidazole rings is 1. The van der Waals surface area contributed by atoms with E-state index in [-0.39, 0.29) is 146 Å². The number of nitrogens with one attached hydrogen (secondary N) is 22. The summed E-state index contributed by atoms with van der Waals surface area (Å²) in [6, 6.07) is -19.8. The molecule has 17 amide bonds. The molecule has 1 aromatic heterocycles. The SMILES string of the molecule is CC(=O)N[C@@H](CO)C(=O)N1CCC[C@@H]1C(=O)N[C@@H](CCCNC(=N)N)C(=O)N[C@@H](Cc1cnc[nH]1)C(=O)N[C@@H](CC1CCCCC1)C(=O)N[C@@H](CC1CCCCC1)C(=O)N[C@@H](CC(N)=O)C(=O)N[C@@H](CCCNC(=N)N)C(=O)NC(C)(C)C(=O)N[C@H](C(=O)N[C@@H](CCCNC(=N)N)C(=O)N[C@@H](CCC(N)=O)C(=O)N[C@@H](CCCNC(=N)N)C(=O)N[C@@H](CC1CCCCC1)C(N)=O)[C@@H](C)O. The normalized spacial score (nSPS) is 17.7. The van der Waals surface area contributed by atoms with Gasteiger partial charge in [-0.2, -0.15) is 0 Å². The molecule has 0 aromatic carbocycles. The number of hydrogen-bond donors (Lipinski definition) is 31. The van der Waals surface area contributed by atoms with Crippen molar-refractivity contribution in [3.05, 3.63) is 18.2 Å². The zero-order chi connectivity index (χ0) is 99.3. The van der Waals surface area contributed by atoms with Gasteiger partial charge >= 0.3 is 0 Å². The van der Waals surface area contributed by atoms with E-state index in [2.05, 4.69) is 100 Å². The van der Waals surface area contributed by atoms with E-state index in [9.17, 15) is 77.3 Å². The van der Waals surface area contributed by atoms with Crippen LogP contribution in [-0.4, -0.2) is 279 Å². The Morgan fingerprint density at radius 1 is 0.440 bits per heavy atom. The molecule has 50 nitrogen and oxygen atoms in total. The molecule has 750 valence electrons. The fourth-order valence-electron chi connectivity index (χ4n) is 16.8. The number of guanidine groups is 4. The summed E-state index contributed by atoms with van der Waals surface area (Å²) in [7, 11) is 0. The molecule has 0 radical (unpaired) electrons. The number of hydrogen-bond acceptors (Lipinski definition) is 24. The van der Waals surface area contributed by atoms with E-state index in [1.807, 2.05) is 0 Å². The first-order chi connectivity index (χ1) is 63.4. The van der Waals surface area contributed by atoms with E-state index in [1.165, 1.54) is 31.3 Å². The number of rotatable bonds is 58. The number of primary amides is 3. The van der Waals surface area contributed by atoms with Crippen LogP contribution in [0.15, 0.2) is 12.5 Å². The number of nitrogens with zero attached hydrogens (tertiary/aromatic N) is 2. The van der Waals surface area contributed by atoms with Gasteiger partial charge in [0.15, 0.2) is 23.8 Å². The molecule has 14 atom stereocenters. The van der Waals surface area contributed by atoms with Crippen LogP contribution in [0, 0.1) is 39.4 Å². The summed E-state index contributed by atoms with van der Waals surface area (Å²) in [6.45, 7) is 3.91. The fraction of sp³-hybridized carbons (Fsp3) is 0.714. The second-order valence-electron chi connectivity index (χ2n) is 35.6. The van der Waals surface area contributed by atoms with Gasteiger partial charge in [0.25, 0.3) is 0 Å². The summed E-state index contributed by atoms with van der Waals surface area (Å²) in [4.78, 5) is 249. The predicted octanol–water partition coefficient (Wildman–Crippen LogP) is -7.36. The molecule has 3 saturated carbocycles. The van der Waals surface area contributed by atoms with Crippen molar-refractivity contribution >= 4 is 124 Å². The summed E-state index contributed by atoms with van der Waals surface area (Å²) in [6.07, 6.45) is 10.7. The molecule has 0 unspecified atom stereocenters. The number of likely N-dealkylation sites (tertiary alicyclic amines) is 1. The van der Waals surface area contributed by atoms with Gasteiger partial charge < -0.3 is 151 Å². The van der Waals surface area contributed by atoms with Crippen LogP contribution in [-0.2, 0) is 87.9 Å². The van der Waals surface area contributed by atoms with E-state index in [0.717, 1.165) is 84.5 Å². The molecule has 0 bridgehead atoms. The lowest BCUT2D eigenvalue weighted by atomic mass is 9.83. The number of aromatic nitrogens is 2. The van der Waals surface area contributed by atoms with Crippen molar-refractivity contribution in [3.63, 3.8) is 0 Å². The molecule has 1 aliphatic heterocycles. The number of amides is 17. The largest absolute Gasteiger partial charge is 0.394 e. The average Bonchev–Trinajstić information content (AvgIpc) is 1.64. The molecule has 3 aliphatic carbocycles. The van der Waals surface area contributed by atoms with Gasteiger partial charge in [-0.1, -0.05) is 96.3 Å². The van der Waals surface area contributed by atoms with Crippen molar-refractivity contribution in [2.24, 2.45) is 57.9 Å².